The number of anilines is 1. The number of carbonyl (C=O) groups excluding carboxylic acids is 1. The Labute approximate surface area is 231 Å². The largest absolute Gasteiger partial charge is 0.497 e. The van der Waals surface area contributed by atoms with Gasteiger partial charge in [-0.05, 0) is 67.3 Å². The Morgan fingerprint density at radius 2 is 1.64 bits per heavy atom. The van der Waals surface area contributed by atoms with Crippen molar-refractivity contribution in [1.82, 2.24) is 5.32 Å². The molecule has 1 atom stereocenters. The molecular weight excluding hydrogens is 553 g/mol. The maximum Gasteiger partial charge on any atom is 0.417 e. The molecule has 0 aliphatic rings. The van der Waals surface area contributed by atoms with E-state index in [0.717, 1.165) is 23.3 Å². The van der Waals surface area contributed by atoms with Crippen molar-refractivity contribution in [3.63, 3.8) is 0 Å². The molecule has 0 aliphatic heterocycles. The lowest BCUT2D eigenvalue weighted by Gasteiger charge is -2.27. The lowest BCUT2D eigenvalue weighted by atomic mass is 9.97. The summed E-state index contributed by atoms with van der Waals surface area (Å²) in [5, 5.41) is 2.27. The van der Waals surface area contributed by atoms with Gasteiger partial charge in [-0.15, -0.1) is 0 Å². The molecule has 6 nitrogen and oxygen atoms in total. The Kier molecular flexibility index (Phi) is 9.55. The number of rotatable bonds is 10. The first-order valence-corrected chi connectivity index (χ1v) is 13.9. The highest BCUT2D eigenvalue weighted by Crippen LogP contribution is 2.38. The van der Waals surface area contributed by atoms with E-state index in [-0.39, 0.29) is 16.5 Å². The van der Waals surface area contributed by atoms with Crippen LogP contribution in [0.5, 0.6) is 5.75 Å². The molecule has 1 N–H and O–H groups in total. The van der Waals surface area contributed by atoms with Gasteiger partial charge in [0, 0.05) is 0 Å². The number of halogens is 4. The number of sulfonamides is 1. The van der Waals surface area contributed by atoms with Crippen molar-refractivity contribution in [3.8, 4) is 5.75 Å². The van der Waals surface area contributed by atoms with Crippen LogP contribution in [0.15, 0.2) is 71.6 Å². The molecule has 39 heavy (non-hydrogen) atoms. The fourth-order valence-electron chi connectivity index (χ4n) is 3.99. The molecule has 3 aromatic carbocycles. The zero-order valence-corrected chi connectivity index (χ0v) is 23.5. The van der Waals surface area contributed by atoms with E-state index < -0.39 is 45.3 Å². The van der Waals surface area contributed by atoms with E-state index in [4.69, 9.17) is 16.3 Å². The lowest BCUT2D eigenvalue weighted by Crippen LogP contribution is -2.42. The van der Waals surface area contributed by atoms with E-state index in [2.05, 4.69) is 5.32 Å². The Morgan fingerprint density at radius 3 is 2.18 bits per heavy atom. The number of nitrogens with zero attached hydrogens (tertiary/aromatic N) is 1. The molecule has 0 aromatic heterocycles. The highest BCUT2D eigenvalue weighted by atomic mass is 35.5. The number of ether oxygens (including phenoxy) is 1. The maximum atomic E-state index is 13.6. The van der Waals surface area contributed by atoms with Gasteiger partial charge < -0.3 is 10.1 Å². The van der Waals surface area contributed by atoms with Crippen molar-refractivity contribution < 1.29 is 31.1 Å². The summed E-state index contributed by atoms with van der Waals surface area (Å²) in [7, 11) is -2.89. The molecule has 1 amide bonds. The van der Waals surface area contributed by atoms with Gasteiger partial charge in [0.25, 0.3) is 10.0 Å². The number of benzene rings is 3. The summed E-state index contributed by atoms with van der Waals surface area (Å²) in [6.45, 7) is 4.97. The van der Waals surface area contributed by atoms with Crippen LogP contribution in [0.2, 0.25) is 5.02 Å². The van der Waals surface area contributed by atoms with Gasteiger partial charge >= 0.3 is 6.18 Å². The summed E-state index contributed by atoms with van der Waals surface area (Å²) in [6.07, 6.45) is -4.28. The van der Waals surface area contributed by atoms with E-state index >= 15 is 0 Å². The van der Waals surface area contributed by atoms with Gasteiger partial charge in [-0.25, -0.2) is 8.42 Å². The number of methoxy groups -OCH3 is 1. The summed E-state index contributed by atoms with van der Waals surface area (Å²) in [6, 6.07) is 15.2. The number of amides is 1. The van der Waals surface area contributed by atoms with E-state index in [1.807, 2.05) is 13.8 Å². The third kappa shape index (κ3) is 7.67. The molecule has 0 unspecified atom stereocenters. The molecule has 0 bridgehead atoms. The number of hydrogen-bond acceptors (Lipinski definition) is 4. The second kappa shape index (κ2) is 12.3. The van der Waals surface area contributed by atoms with Gasteiger partial charge in [-0.2, -0.15) is 13.2 Å². The molecule has 11 heteroatoms. The monoisotopic (exact) mass is 582 g/mol. The van der Waals surface area contributed by atoms with Crippen molar-refractivity contribution >= 4 is 33.2 Å². The van der Waals surface area contributed by atoms with E-state index in [9.17, 15) is 26.4 Å². The van der Waals surface area contributed by atoms with Crippen LogP contribution in [-0.2, 0) is 21.0 Å². The molecule has 210 valence electrons. The molecule has 0 aliphatic carbocycles. The normalized spacial score (nSPS) is 12.7. The fourth-order valence-corrected chi connectivity index (χ4v) is 5.63. The van der Waals surface area contributed by atoms with E-state index in [1.54, 1.807) is 43.3 Å². The second-order valence-electron chi connectivity index (χ2n) is 9.51. The molecule has 0 spiro atoms. The van der Waals surface area contributed by atoms with Crippen LogP contribution < -0.4 is 14.4 Å². The molecule has 0 radical (unpaired) electrons. The van der Waals surface area contributed by atoms with Crippen LogP contribution in [0.4, 0.5) is 18.9 Å². The summed E-state index contributed by atoms with van der Waals surface area (Å²) in [5.41, 5.74) is 0.0196. The number of alkyl halides is 3. The molecule has 3 aromatic rings. The van der Waals surface area contributed by atoms with Crippen LogP contribution in [0.25, 0.3) is 0 Å². The predicted octanol–water partition coefficient (Wildman–Crippen LogP) is 6.77. The molecule has 3 rings (SSSR count). The number of hydrogen-bond donors (Lipinski definition) is 1. The number of carbonyl (C=O) groups is 1. The first kappa shape index (κ1) is 30.3. The van der Waals surface area contributed by atoms with Crippen LogP contribution >= 0.6 is 11.6 Å². The Bertz CT molecular complexity index is 1390. The van der Waals surface area contributed by atoms with Gasteiger partial charge in [0.2, 0.25) is 5.91 Å². The minimum atomic E-state index is -4.83. The van der Waals surface area contributed by atoms with Crippen molar-refractivity contribution in [2.24, 2.45) is 5.92 Å². The third-order valence-corrected chi connectivity index (χ3v) is 8.12. The summed E-state index contributed by atoms with van der Waals surface area (Å²) >= 11 is 5.77. The van der Waals surface area contributed by atoms with Crippen molar-refractivity contribution in [3.05, 3.63) is 88.4 Å². The van der Waals surface area contributed by atoms with Crippen molar-refractivity contribution in [2.45, 2.75) is 44.3 Å². The summed E-state index contributed by atoms with van der Waals surface area (Å²) in [4.78, 5) is 13.1. The quantitative estimate of drug-likeness (QED) is 0.286. The van der Waals surface area contributed by atoms with Crippen LogP contribution in [-0.4, -0.2) is 28.0 Å². The Balaban J connectivity index is 2.01. The first-order valence-electron chi connectivity index (χ1n) is 12.1. The van der Waals surface area contributed by atoms with E-state index in [0.29, 0.717) is 22.5 Å². The predicted molar refractivity (Wildman–Crippen MR) is 145 cm³/mol. The van der Waals surface area contributed by atoms with Gasteiger partial charge in [0.05, 0.1) is 34.3 Å². The molecule has 0 saturated heterocycles. The van der Waals surface area contributed by atoms with Crippen molar-refractivity contribution in [2.75, 3.05) is 18.0 Å². The van der Waals surface area contributed by atoms with Gasteiger partial charge in [0.1, 0.15) is 12.3 Å². The minimum Gasteiger partial charge on any atom is -0.497 e. The average Bonchev–Trinajstić information content (AvgIpc) is 2.86. The summed E-state index contributed by atoms with van der Waals surface area (Å²) in [5.74, 6) is 0.123. The highest BCUT2D eigenvalue weighted by Gasteiger charge is 2.36. The van der Waals surface area contributed by atoms with Crippen LogP contribution in [0.1, 0.15) is 43.0 Å². The van der Waals surface area contributed by atoms with Gasteiger partial charge in [-0.3, -0.25) is 9.10 Å². The Hall–Kier alpha value is -3.24. The first-order chi connectivity index (χ1) is 18.2. The van der Waals surface area contributed by atoms with Gasteiger partial charge in [-0.1, -0.05) is 55.3 Å². The third-order valence-electron chi connectivity index (χ3n) is 6.00. The zero-order valence-electron chi connectivity index (χ0n) is 21.9. The van der Waals surface area contributed by atoms with Crippen LogP contribution in [0, 0.1) is 12.8 Å². The summed E-state index contributed by atoms with van der Waals surface area (Å²) < 4.78 is 74.0. The number of nitrogens with one attached hydrogen (secondary N) is 1. The second-order valence-corrected chi connectivity index (χ2v) is 11.8. The average molecular weight is 583 g/mol. The minimum absolute atomic E-state index is 0.168. The fraction of sp³-hybridized carbons (Fsp3) is 0.321. The smallest absolute Gasteiger partial charge is 0.417 e. The topological polar surface area (TPSA) is 75.7 Å². The molecule has 0 heterocycles. The maximum absolute atomic E-state index is 13.6. The number of aryl methyl sites for hydroxylation is 1. The Morgan fingerprint density at radius 1 is 1.03 bits per heavy atom. The molecule has 0 saturated carbocycles. The van der Waals surface area contributed by atoms with E-state index in [1.165, 1.54) is 19.2 Å². The zero-order chi connectivity index (χ0) is 29.0. The molecular formula is C28H30ClF3N2O4S. The SMILES string of the molecule is COc1ccc([C@@H](CC(C)C)NC(=O)CN(c2ccc(Cl)c(C(F)(F)F)c2)S(=O)(=O)c2ccc(C)cc2)cc1. The lowest BCUT2D eigenvalue weighted by molar-refractivity contribution is -0.137. The molecule has 0 fully saturated rings. The highest BCUT2D eigenvalue weighted by molar-refractivity contribution is 7.92. The standard InChI is InChI=1S/C28H30ClF3N2O4S/c1-18(2)15-26(20-7-10-22(38-4)11-8-20)33-27(35)17-34(39(36,37)23-12-5-19(3)6-13-23)21-9-14-25(29)24(16-21)28(30,31)32/h5-14,16,18,26H,15,17H2,1-4H3,(H,33,35)/t26-/m1/s1. The van der Waals surface area contributed by atoms with Crippen LogP contribution in [0.3, 0.4) is 0 Å². The van der Waals surface area contributed by atoms with Gasteiger partial charge in [0.15, 0.2) is 0 Å². The van der Waals surface area contributed by atoms with Crippen molar-refractivity contribution in [1.29, 1.82) is 0 Å².